The quantitative estimate of drug-likeness (QED) is 0.0212. The summed E-state index contributed by atoms with van der Waals surface area (Å²) >= 11 is 0. The maximum Gasteiger partial charge on any atom is 0.306 e. The number of phosphoric ester groups is 1. The number of rotatable bonds is 61. The molecule has 0 fully saturated rings. The van der Waals surface area contributed by atoms with E-state index in [4.69, 9.17) is 13.8 Å². The van der Waals surface area contributed by atoms with Crippen molar-refractivity contribution in [3.63, 3.8) is 0 Å². The van der Waals surface area contributed by atoms with Crippen LogP contribution in [0, 0.1) is 0 Å². The highest BCUT2D eigenvalue weighted by Crippen LogP contribution is 2.38. The number of ether oxygens (including phenoxy) is 1. The van der Waals surface area contributed by atoms with Crippen LogP contribution in [0.4, 0.5) is 0 Å². The van der Waals surface area contributed by atoms with Crippen molar-refractivity contribution >= 4 is 19.7 Å². The summed E-state index contributed by atoms with van der Waals surface area (Å²) in [4.78, 5) is 40.1. The molecule has 0 saturated heterocycles. The predicted molar refractivity (Wildman–Crippen MR) is 344 cm³/mol. The van der Waals surface area contributed by atoms with Gasteiger partial charge in [0.2, 0.25) is 5.91 Å². The van der Waals surface area contributed by atoms with E-state index in [9.17, 15) is 19.0 Å². The molecule has 466 valence electrons. The van der Waals surface area contributed by atoms with E-state index >= 15 is 0 Å². The molecule has 0 aliphatic carbocycles. The fourth-order valence-electron chi connectivity index (χ4n) is 9.62. The summed E-state index contributed by atoms with van der Waals surface area (Å²) in [6, 6.07) is -0.897. The Kier molecular flexibility index (Phi) is 57.7. The van der Waals surface area contributed by atoms with Crippen LogP contribution in [0.2, 0.25) is 0 Å². The SMILES string of the molecule is CCCCC/C=C\C/C=C\C/C=C\C/C=C\CCCCCCCCCC(=O)OC(/C=C/CCCCCCCCCCCC)C(COP(=O)([O-])OCC[N+](C)(C)C)NC(=O)CCCCCCCCCCC/C=C/CCCCCCCC. The Balaban J connectivity index is 5.18. The summed E-state index contributed by atoms with van der Waals surface area (Å²) in [6.45, 7) is 6.82. The van der Waals surface area contributed by atoms with Gasteiger partial charge in [0.25, 0.3) is 7.82 Å². The lowest BCUT2D eigenvalue weighted by atomic mass is 10.0. The summed E-state index contributed by atoms with van der Waals surface area (Å²) in [5.74, 6) is -0.549. The number of hydrogen-bond acceptors (Lipinski definition) is 7. The Morgan fingerprint density at radius 2 is 0.762 bits per heavy atom. The van der Waals surface area contributed by atoms with Gasteiger partial charge in [-0.3, -0.25) is 14.2 Å². The average Bonchev–Trinajstić information content (AvgIpc) is 3.43. The number of likely N-dealkylation sites (N-methyl/N-ethyl adjacent to an activating group) is 1. The number of amides is 1. The first-order valence-electron chi connectivity index (χ1n) is 33.7. The van der Waals surface area contributed by atoms with E-state index < -0.39 is 26.6 Å². The number of esters is 1. The van der Waals surface area contributed by atoms with Gasteiger partial charge in [0.05, 0.1) is 33.8 Å². The maximum absolute atomic E-state index is 13.6. The zero-order chi connectivity index (χ0) is 58.6. The predicted octanol–water partition coefficient (Wildman–Crippen LogP) is 20.5. The van der Waals surface area contributed by atoms with Crippen molar-refractivity contribution in [2.45, 2.75) is 322 Å². The van der Waals surface area contributed by atoms with Crippen LogP contribution in [-0.2, 0) is 27.9 Å². The molecule has 0 saturated carbocycles. The molecule has 10 heteroatoms. The molecule has 0 radical (unpaired) electrons. The van der Waals surface area contributed by atoms with Crippen LogP contribution in [0.3, 0.4) is 0 Å². The smallest absolute Gasteiger partial charge is 0.306 e. The van der Waals surface area contributed by atoms with Crippen molar-refractivity contribution in [3.05, 3.63) is 72.9 Å². The molecule has 0 aliphatic heterocycles. The van der Waals surface area contributed by atoms with Crippen LogP contribution < -0.4 is 10.2 Å². The van der Waals surface area contributed by atoms with Crippen LogP contribution in [0.1, 0.15) is 310 Å². The Labute approximate surface area is 495 Å². The molecule has 0 bridgehead atoms. The maximum atomic E-state index is 13.6. The summed E-state index contributed by atoms with van der Waals surface area (Å²) in [5.41, 5.74) is 0. The summed E-state index contributed by atoms with van der Waals surface area (Å²) in [7, 11) is 1.18. The third-order valence-electron chi connectivity index (χ3n) is 14.9. The standard InChI is InChI=1S/C70H129N2O7P/c1-7-10-13-16-19-22-25-28-30-32-34-35-36-37-39-41-43-45-48-51-54-57-60-63-70(74)79-68(61-58-55-52-49-46-27-24-21-18-15-12-9-3)67(66-78-80(75,76)77-65-64-72(4,5)6)71-69(73)62-59-56-53-50-47-44-42-40-38-33-31-29-26-23-20-17-14-11-8-2/h19,22,28-31,34-35,37,39,58,61,67-68H,7-18,20-21,23-27,32-33,36,38,40-57,59-60,62-66H2,1-6H3,(H-,71,73,75,76)/b22-19-,30-28-,31-29+,35-34-,39-37-,61-58+. The molecule has 3 atom stereocenters. The average molecular weight is 1140 g/mol. The number of quaternary nitrogens is 1. The lowest BCUT2D eigenvalue weighted by Gasteiger charge is -2.30. The van der Waals surface area contributed by atoms with Gasteiger partial charge in [0.15, 0.2) is 0 Å². The minimum atomic E-state index is -4.71. The number of nitrogens with zero attached hydrogens (tertiary/aromatic N) is 1. The first-order valence-corrected chi connectivity index (χ1v) is 35.2. The molecule has 0 aromatic heterocycles. The fraction of sp³-hybridized carbons (Fsp3) is 0.800. The minimum Gasteiger partial charge on any atom is -0.756 e. The molecule has 0 rings (SSSR count). The molecule has 0 aliphatic rings. The van der Waals surface area contributed by atoms with E-state index in [2.05, 4.69) is 86.8 Å². The summed E-state index contributed by atoms with van der Waals surface area (Å²) in [5, 5.41) is 3.03. The van der Waals surface area contributed by atoms with Crippen LogP contribution in [0.5, 0.6) is 0 Å². The van der Waals surface area contributed by atoms with Gasteiger partial charge in [0.1, 0.15) is 19.3 Å². The minimum absolute atomic E-state index is 0.0262. The van der Waals surface area contributed by atoms with Crippen molar-refractivity contribution in [3.8, 4) is 0 Å². The monoisotopic (exact) mass is 1140 g/mol. The summed E-state index contributed by atoms with van der Waals surface area (Å²) < 4.78 is 30.4. The van der Waals surface area contributed by atoms with Crippen molar-refractivity contribution in [2.75, 3.05) is 40.9 Å². The van der Waals surface area contributed by atoms with Gasteiger partial charge in [-0.1, -0.05) is 267 Å². The van der Waals surface area contributed by atoms with Crippen molar-refractivity contribution in [1.29, 1.82) is 0 Å². The molecule has 0 heterocycles. The van der Waals surface area contributed by atoms with E-state index in [1.54, 1.807) is 0 Å². The lowest BCUT2D eigenvalue weighted by Crippen LogP contribution is -2.47. The number of carbonyl (C=O) groups is 2. The molecule has 9 nitrogen and oxygen atoms in total. The highest BCUT2D eigenvalue weighted by molar-refractivity contribution is 7.45. The van der Waals surface area contributed by atoms with Gasteiger partial charge in [0, 0.05) is 12.8 Å². The van der Waals surface area contributed by atoms with Gasteiger partial charge < -0.3 is 28.5 Å². The van der Waals surface area contributed by atoms with E-state index in [0.717, 1.165) is 96.3 Å². The van der Waals surface area contributed by atoms with E-state index in [-0.39, 0.29) is 24.9 Å². The van der Waals surface area contributed by atoms with Gasteiger partial charge >= 0.3 is 5.97 Å². The lowest BCUT2D eigenvalue weighted by molar-refractivity contribution is -0.870. The molecule has 3 unspecified atom stereocenters. The zero-order valence-electron chi connectivity index (χ0n) is 53.3. The summed E-state index contributed by atoms with van der Waals surface area (Å²) in [6.07, 6.45) is 77.2. The number of allylic oxidation sites excluding steroid dienone is 11. The van der Waals surface area contributed by atoms with Gasteiger partial charge in [-0.25, -0.2) is 0 Å². The Bertz CT molecular complexity index is 1600. The first-order chi connectivity index (χ1) is 38.9. The molecule has 0 spiro atoms. The first kappa shape index (κ1) is 77.5. The Morgan fingerprint density at radius 1 is 0.438 bits per heavy atom. The molecule has 1 N–H and O–H groups in total. The highest BCUT2D eigenvalue weighted by atomic mass is 31.2. The number of nitrogens with one attached hydrogen (secondary N) is 1. The van der Waals surface area contributed by atoms with Crippen LogP contribution in [-0.4, -0.2) is 69.4 Å². The molecule has 0 aromatic rings. The molecular formula is C70H129N2O7P. The van der Waals surface area contributed by atoms with Crippen molar-refractivity contribution in [2.24, 2.45) is 0 Å². The number of hydrogen-bond donors (Lipinski definition) is 1. The zero-order valence-corrected chi connectivity index (χ0v) is 54.2. The van der Waals surface area contributed by atoms with Crippen LogP contribution in [0.15, 0.2) is 72.9 Å². The van der Waals surface area contributed by atoms with Crippen LogP contribution >= 0.6 is 7.82 Å². The second kappa shape index (κ2) is 59.6. The molecule has 80 heavy (non-hydrogen) atoms. The van der Waals surface area contributed by atoms with Crippen molar-refractivity contribution in [1.82, 2.24) is 5.32 Å². The third-order valence-corrected chi connectivity index (χ3v) is 15.8. The van der Waals surface area contributed by atoms with Gasteiger partial charge in [-0.05, 0) is 102 Å². The third kappa shape index (κ3) is 60.1. The second-order valence-electron chi connectivity index (χ2n) is 24.0. The molecule has 1 amide bonds. The largest absolute Gasteiger partial charge is 0.756 e. The Morgan fingerprint density at radius 3 is 1.18 bits per heavy atom. The topological polar surface area (TPSA) is 114 Å². The molecule has 0 aromatic carbocycles. The van der Waals surface area contributed by atoms with Crippen molar-refractivity contribution < 1.29 is 37.3 Å². The fourth-order valence-corrected chi connectivity index (χ4v) is 10.3. The van der Waals surface area contributed by atoms with E-state index in [0.29, 0.717) is 17.4 Å². The van der Waals surface area contributed by atoms with Crippen LogP contribution in [0.25, 0.3) is 0 Å². The van der Waals surface area contributed by atoms with Gasteiger partial charge in [-0.15, -0.1) is 0 Å². The van der Waals surface area contributed by atoms with E-state index in [1.165, 1.54) is 180 Å². The Hall–Kier alpha value is -2.55. The van der Waals surface area contributed by atoms with E-state index in [1.807, 2.05) is 33.3 Å². The number of unbranched alkanes of at least 4 members (excludes halogenated alkanes) is 35. The second-order valence-corrected chi connectivity index (χ2v) is 25.4. The number of phosphoric acid groups is 1. The normalized spacial score (nSPS) is 14.0. The van der Waals surface area contributed by atoms with Gasteiger partial charge in [-0.2, -0.15) is 0 Å². The molecular weight excluding hydrogens is 1010 g/mol. The number of carbonyl (C=O) groups excluding carboxylic acids is 2. The highest BCUT2D eigenvalue weighted by Gasteiger charge is 2.27.